The lowest BCUT2D eigenvalue weighted by atomic mass is 10.2. The molecular formula is C10H11N5O. The monoisotopic (exact) mass is 217 g/mol. The van der Waals surface area contributed by atoms with Crippen LogP contribution in [0.15, 0.2) is 35.9 Å². The second-order valence-electron chi connectivity index (χ2n) is 3.28. The number of hydrogen-bond donors (Lipinski definition) is 2. The molecule has 0 saturated carbocycles. The highest BCUT2D eigenvalue weighted by Gasteiger charge is 2.09. The SMILES string of the molecule is Cc1ccn(-c2cnccc2/C(N)=N/O)n1. The molecule has 0 unspecified atom stereocenters. The fraction of sp³-hybridized carbons (Fsp3) is 0.100. The third kappa shape index (κ3) is 1.72. The molecule has 0 atom stereocenters. The van der Waals surface area contributed by atoms with Gasteiger partial charge in [0.05, 0.1) is 17.6 Å². The minimum absolute atomic E-state index is 0.0329. The van der Waals surface area contributed by atoms with Crippen molar-refractivity contribution in [1.82, 2.24) is 14.8 Å². The molecule has 0 aromatic carbocycles. The molecule has 82 valence electrons. The summed E-state index contributed by atoms with van der Waals surface area (Å²) in [7, 11) is 0. The fourth-order valence-corrected chi connectivity index (χ4v) is 1.39. The van der Waals surface area contributed by atoms with Crippen molar-refractivity contribution in [3.05, 3.63) is 42.0 Å². The van der Waals surface area contributed by atoms with Gasteiger partial charge in [-0.15, -0.1) is 0 Å². The molecule has 0 aliphatic carbocycles. The fourth-order valence-electron chi connectivity index (χ4n) is 1.39. The molecule has 0 fully saturated rings. The van der Waals surface area contributed by atoms with Gasteiger partial charge in [-0.25, -0.2) is 4.68 Å². The van der Waals surface area contributed by atoms with Crippen LogP contribution in [0.1, 0.15) is 11.3 Å². The topological polar surface area (TPSA) is 89.3 Å². The molecule has 6 heteroatoms. The highest BCUT2D eigenvalue weighted by Crippen LogP contribution is 2.12. The molecule has 2 aromatic heterocycles. The second-order valence-corrected chi connectivity index (χ2v) is 3.28. The van der Waals surface area contributed by atoms with Gasteiger partial charge in [-0.3, -0.25) is 4.98 Å². The number of pyridine rings is 1. The molecule has 6 nitrogen and oxygen atoms in total. The number of rotatable bonds is 2. The van der Waals surface area contributed by atoms with Crippen LogP contribution < -0.4 is 5.73 Å². The smallest absolute Gasteiger partial charge is 0.172 e. The summed E-state index contributed by atoms with van der Waals surface area (Å²) in [4.78, 5) is 3.99. The molecular weight excluding hydrogens is 206 g/mol. The van der Waals surface area contributed by atoms with Crippen LogP contribution in [0.4, 0.5) is 0 Å². The van der Waals surface area contributed by atoms with Crippen LogP contribution in [0.25, 0.3) is 5.69 Å². The Kier molecular flexibility index (Phi) is 2.55. The second kappa shape index (κ2) is 4.01. The van der Waals surface area contributed by atoms with Crippen molar-refractivity contribution in [3.63, 3.8) is 0 Å². The molecule has 2 aromatic rings. The predicted molar refractivity (Wildman–Crippen MR) is 58.6 cm³/mol. The highest BCUT2D eigenvalue weighted by molar-refractivity contribution is 6.00. The molecule has 0 radical (unpaired) electrons. The summed E-state index contributed by atoms with van der Waals surface area (Å²) in [5.41, 5.74) is 7.71. The highest BCUT2D eigenvalue weighted by atomic mass is 16.4. The van der Waals surface area contributed by atoms with E-state index in [0.29, 0.717) is 11.3 Å². The van der Waals surface area contributed by atoms with Crippen molar-refractivity contribution in [2.45, 2.75) is 6.92 Å². The molecule has 0 amide bonds. The number of hydrogen-bond acceptors (Lipinski definition) is 4. The van der Waals surface area contributed by atoms with Gasteiger partial charge < -0.3 is 10.9 Å². The Morgan fingerprint density at radius 2 is 2.31 bits per heavy atom. The van der Waals surface area contributed by atoms with Gasteiger partial charge in [-0.05, 0) is 19.1 Å². The quantitative estimate of drug-likeness (QED) is 0.335. The van der Waals surface area contributed by atoms with Gasteiger partial charge in [0.15, 0.2) is 5.84 Å². The summed E-state index contributed by atoms with van der Waals surface area (Å²) < 4.78 is 1.63. The Bertz CT molecular complexity index is 532. The lowest BCUT2D eigenvalue weighted by Gasteiger charge is -2.06. The van der Waals surface area contributed by atoms with Crippen molar-refractivity contribution in [1.29, 1.82) is 0 Å². The number of nitrogens with two attached hydrogens (primary N) is 1. The van der Waals surface area contributed by atoms with Crippen LogP contribution in [0.2, 0.25) is 0 Å². The van der Waals surface area contributed by atoms with Crippen LogP contribution in [0.3, 0.4) is 0 Å². The summed E-state index contributed by atoms with van der Waals surface area (Å²) in [6.45, 7) is 1.88. The van der Waals surface area contributed by atoms with E-state index in [0.717, 1.165) is 5.69 Å². The molecule has 3 N–H and O–H groups in total. The van der Waals surface area contributed by atoms with Crippen LogP contribution in [-0.2, 0) is 0 Å². The van der Waals surface area contributed by atoms with E-state index in [4.69, 9.17) is 10.9 Å². The van der Waals surface area contributed by atoms with E-state index in [1.54, 1.807) is 29.3 Å². The van der Waals surface area contributed by atoms with Crippen LogP contribution in [-0.4, -0.2) is 25.8 Å². The lowest BCUT2D eigenvalue weighted by molar-refractivity contribution is 0.318. The van der Waals surface area contributed by atoms with E-state index in [2.05, 4.69) is 15.2 Å². The van der Waals surface area contributed by atoms with Crippen molar-refractivity contribution in [2.75, 3.05) is 0 Å². The van der Waals surface area contributed by atoms with Gasteiger partial charge in [0.25, 0.3) is 0 Å². The number of nitrogens with zero attached hydrogens (tertiary/aromatic N) is 4. The molecule has 0 spiro atoms. The van der Waals surface area contributed by atoms with Gasteiger partial charge in [0, 0.05) is 18.0 Å². The van der Waals surface area contributed by atoms with E-state index in [9.17, 15) is 0 Å². The zero-order valence-electron chi connectivity index (χ0n) is 8.70. The van der Waals surface area contributed by atoms with Crippen LogP contribution in [0.5, 0.6) is 0 Å². The Morgan fingerprint density at radius 1 is 1.50 bits per heavy atom. The molecule has 0 aliphatic rings. The Morgan fingerprint density at radius 3 is 2.94 bits per heavy atom. The molecule has 2 heterocycles. The van der Waals surface area contributed by atoms with E-state index in [1.165, 1.54) is 0 Å². The molecule has 0 saturated heterocycles. The van der Waals surface area contributed by atoms with Crippen molar-refractivity contribution >= 4 is 5.84 Å². The van der Waals surface area contributed by atoms with E-state index in [1.807, 2.05) is 13.0 Å². The first-order valence-electron chi connectivity index (χ1n) is 4.67. The summed E-state index contributed by atoms with van der Waals surface area (Å²) in [5, 5.41) is 15.9. The zero-order chi connectivity index (χ0) is 11.5. The number of oxime groups is 1. The van der Waals surface area contributed by atoms with Gasteiger partial charge in [0.2, 0.25) is 0 Å². The minimum atomic E-state index is 0.0329. The maximum atomic E-state index is 8.68. The summed E-state index contributed by atoms with van der Waals surface area (Å²) in [6, 6.07) is 3.53. The van der Waals surface area contributed by atoms with Crippen LogP contribution >= 0.6 is 0 Å². The van der Waals surface area contributed by atoms with E-state index >= 15 is 0 Å². The summed E-state index contributed by atoms with van der Waals surface area (Å²) in [6.07, 6.45) is 4.98. The third-order valence-corrected chi connectivity index (χ3v) is 2.15. The Labute approximate surface area is 92.0 Å². The Hall–Kier alpha value is -2.37. The molecule has 16 heavy (non-hydrogen) atoms. The lowest BCUT2D eigenvalue weighted by Crippen LogP contribution is -2.16. The zero-order valence-corrected chi connectivity index (χ0v) is 8.70. The number of aryl methyl sites for hydroxylation is 1. The first-order valence-corrected chi connectivity index (χ1v) is 4.67. The maximum Gasteiger partial charge on any atom is 0.172 e. The number of amidine groups is 1. The van der Waals surface area contributed by atoms with Gasteiger partial charge in [-0.2, -0.15) is 5.10 Å². The van der Waals surface area contributed by atoms with Crippen molar-refractivity contribution in [2.24, 2.45) is 10.9 Å². The van der Waals surface area contributed by atoms with Crippen molar-refractivity contribution < 1.29 is 5.21 Å². The normalized spacial score (nSPS) is 11.7. The average Bonchev–Trinajstić information content (AvgIpc) is 2.75. The van der Waals surface area contributed by atoms with Crippen molar-refractivity contribution in [3.8, 4) is 5.69 Å². The van der Waals surface area contributed by atoms with Gasteiger partial charge in [-0.1, -0.05) is 5.16 Å². The predicted octanol–water partition coefficient (Wildman–Crippen LogP) is 0.670. The van der Waals surface area contributed by atoms with E-state index in [-0.39, 0.29) is 5.84 Å². The third-order valence-electron chi connectivity index (χ3n) is 2.15. The minimum Gasteiger partial charge on any atom is -0.409 e. The number of aromatic nitrogens is 3. The first kappa shape index (κ1) is 10.2. The summed E-state index contributed by atoms with van der Waals surface area (Å²) in [5.74, 6) is 0.0329. The molecule has 0 bridgehead atoms. The average molecular weight is 217 g/mol. The van der Waals surface area contributed by atoms with Gasteiger partial charge in [0.1, 0.15) is 0 Å². The standard InChI is InChI=1S/C10H11N5O/c1-7-3-5-15(13-7)9-6-12-4-2-8(9)10(11)14-16/h2-6,16H,1H3,(H2,11,14). The molecule has 0 aliphatic heterocycles. The van der Waals surface area contributed by atoms with Crippen LogP contribution in [0, 0.1) is 6.92 Å². The van der Waals surface area contributed by atoms with Gasteiger partial charge >= 0.3 is 0 Å². The molecule has 2 rings (SSSR count). The Balaban J connectivity index is 2.57. The largest absolute Gasteiger partial charge is 0.409 e. The summed E-state index contributed by atoms with van der Waals surface area (Å²) >= 11 is 0. The maximum absolute atomic E-state index is 8.68. The first-order chi connectivity index (χ1) is 7.72. The van der Waals surface area contributed by atoms with E-state index < -0.39 is 0 Å².